The highest BCUT2D eigenvalue weighted by molar-refractivity contribution is 7.92. The van der Waals surface area contributed by atoms with Gasteiger partial charge in [-0.2, -0.15) is 4.90 Å². The minimum atomic E-state index is -4.24. The topological polar surface area (TPSA) is 174 Å². The third-order valence-electron chi connectivity index (χ3n) is 9.40. The molecule has 0 fully saturated rings. The second-order valence-electron chi connectivity index (χ2n) is 17.0. The number of amides is 4. The second-order valence-corrected chi connectivity index (χ2v) is 19.5. The summed E-state index contributed by atoms with van der Waals surface area (Å²) in [6.45, 7) is 15.6. The lowest BCUT2D eigenvalue weighted by molar-refractivity contribution is -0.131. The molecular formula is C43H51F2N5O9S. The van der Waals surface area contributed by atoms with Crippen molar-refractivity contribution >= 4 is 62.0 Å². The van der Waals surface area contributed by atoms with Crippen LogP contribution >= 0.6 is 0 Å². The van der Waals surface area contributed by atoms with E-state index in [0.29, 0.717) is 10.5 Å². The van der Waals surface area contributed by atoms with Crippen molar-refractivity contribution in [1.29, 1.82) is 0 Å². The second kappa shape index (κ2) is 17.0. The number of aromatic nitrogens is 1. The summed E-state index contributed by atoms with van der Waals surface area (Å²) in [6.07, 6.45) is -1.89. The number of ether oxygens (including phenoxy) is 3. The third kappa shape index (κ3) is 10.1. The van der Waals surface area contributed by atoms with Gasteiger partial charge < -0.3 is 24.4 Å². The average molecular weight is 852 g/mol. The van der Waals surface area contributed by atoms with Gasteiger partial charge in [0.05, 0.1) is 17.2 Å². The summed E-state index contributed by atoms with van der Waals surface area (Å²) in [7, 11) is -2.83. The van der Waals surface area contributed by atoms with Crippen LogP contribution in [-0.4, -0.2) is 72.6 Å². The molecule has 0 saturated heterocycles. The van der Waals surface area contributed by atoms with Crippen molar-refractivity contribution in [2.75, 3.05) is 29.2 Å². The molecular weight excluding hydrogens is 801 g/mol. The van der Waals surface area contributed by atoms with Crippen molar-refractivity contribution in [2.24, 2.45) is 0 Å². The molecule has 4 amide bonds. The lowest BCUT2D eigenvalue weighted by atomic mass is 9.93. The van der Waals surface area contributed by atoms with Gasteiger partial charge in [-0.15, -0.1) is 0 Å². The van der Waals surface area contributed by atoms with Crippen molar-refractivity contribution in [2.45, 2.75) is 109 Å². The van der Waals surface area contributed by atoms with E-state index < -0.39 is 79.6 Å². The Bertz CT molecular complexity index is 2440. The summed E-state index contributed by atoms with van der Waals surface area (Å²) >= 11 is 0. The molecule has 3 aromatic carbocycles. The minimum absolute atomic E-state index is 0.0585. The molecule has 2 unspecified atom stereocenters. The van der Waals surface area contributed by atoms with Gasteiger partial charge in [0.25, 0.3) is 0 Å². The van der Waals surface area contributed by atoms with Gasteiger partial charge in [-0.25, -0.2) is 36.6 Å². The SMILES string of the molecule is Cc1cc2ccc1C(C)COC(=O)Nc1cc(F)c(S(=O)(=O)C(C)C)c(c1)CN(C)C(=O)C2Nc1cc(F)c2c(N(C(=O)OC(C)(C)C)C(=O)OC(C)(C)C)nccc2c1. The van der Waals surface area contributed by atoms with Crippen molar-refractivity contribution < 1.29 is 50.6 Å². The highest BCUT2D eigenvalue weighted by Crippen LogP contribution is 2.35. The molecule has 2 aliphatic rings. The van der Waals surface area contributed by atoms with Crippen LogP contribution < -0.4 is 15.5 Å². The first kappa shape index (κ1) is 45.2. The number of halogens is 2. The molecule has 322 valence electrons. The van der Waals surface area contributed by atoms with Crippen molar-refractivity contribution in [3.63, 3.8) is 0 Å². The van der Waals surface area contributed by atoms with Gasteiger partial charge in [-0.05, 0) is 120 Å². The van der Waals surface area contributed by atoms with Crippen molar-refractivity contribution in [3.05, 3.63) is 88.6 Å². The molecule has 2 atom stereocenters. The maximum atomic E-state index is 16.5. The quantitative estimate of drug-likeness (QED) is 0.183. The van der Waals surface area contributed by atoms with Gasteiger partial charge in [-0.1, -0.05) is 25.1 Å². The molecule has 1 aromatic heterocycles. The molecule has 17 heteroatoms. The largest absolute Gasteiger partial charge is 0.449 e. The number of nitrogens with one attached hydrogen (secondary N) is 2. The summed E-state index contributed by atoms with van der Waals surface area (Å²) in [4.78, 5) is 59.7. The third-order valence-corrected chi connectivity index (χ3v) is 11.7. The number of pyridine rings is 1. The first-order valence-corrected chi connectivity index (χ1v) is 20.8. The van der Waals surface area contributed by atoms with E-state index >= 15 is 8.78 Å². The number of sulfone groups is 1. The number of aryl methyl sites for hydroxylation is 1. The molecule has 2 aliphatic heterocycles. The Morgan fingerprint density at radius 3 is 2.18 bits per heavy atom. The number of carbonyl (C=O) groups excluding carboxylic acids is 4. The number of nitrogens with zero attached hydrogens (tertiary/aromatic N) is 3. The van der Waals surface area contributed by atoms with Crippen molar-refractivity contribution in [1.82, 2.24) is 9.88 Å². The lowest BCUT2D eigenvalue weighted by Crippen LogP contribution is -2.44. The Labute approximate surface area is 348 Å². The first-order valence-electron chi connectivity index (χ1n) is 19.2. The summed E-state index contributed by atoms with van der Waals surface area (Å²) in [5.74, 6) is -3.34. The van der Waals surface area contributed by atoms with Crippen LogP contribution in [0.5, 0.6) is 0 Å². The molecule has 0 saturated carbocycles. The monoisotopic (exact) mass is 851 g/mol. The Kier molecular flexibility index (Phi) is 12.8. The number of likely N-dealkylation sites (N-methyl/N-ethyl adjacent to an activating group) is 1. The highest BCUT2D eigenvalue weighted by Gasteiger charge is 2.36. The van der Waals surface area contributed by atoms with Crippen LogP contribution in [0, 0.1) is 18.6 Å². The van der Waals surface area contributed by atoms with Crippen LogP contribution in [0.25, 0.3) is 10.8 Å². The van der Waals surface area contributed by atoms with Crippen LogP contribution in [0.4, 0.5) is 40.4 Å². The maximum absolute atomic E-state index is 16.5. The number of hydrogen-bond donors (Lipinski definition) is 2. The van der Waals surface area contributed by atoms with E-state index in [0.717, 1.165) is 23.3 Å². The summed E-state index contributed by atoms with van der Waals surface area (Å²) in [6, 6.07) is 10.2. The molecule has 4 aromatic rings. The number of rotatable bonds is 5. The van der Waals surface area contributed by atoms with Gasteiger partial charge in [0, 0.05) is 37.1 Å². The number of imide groups is 1. The Morgan fingerprint density at radius 2 is 1.60 bits per heavy atom. The Morgan fingerprint density at radius 1 is 0.967 bits per heavy atom. The number of benzene rings is 3. The zero-order chi connectivity index (χ0) is 44.6. The zero-order valence-electron chi connectivity index (χ0n) is 35.5. The van der Waals surface area contributed by atoms with Crippen molar-refractivity contribution in [3.8, 4) is 0 Å². The van der Waals surface area contributed by atoms with Crippen LogP contribution in [0.1, 0.15) is 96.5 Å². The van der Waals surface area contributed by atoms with E-state index in [9.17, 15) is 27.6 Å². The zero-order valence-corrected chi connectivity index (χ0v) is 36.3. The standard InChI is InChI=1S/C43H51F2N5O9S/c1-23(2)60(55,56)36-28-18-30(20-33(36)45)48-39(52)57-22-25(4)31-13-12-27(16-24(31)3)35(38(51)49(11)21-28)47-29-17-26-14-15-46-37(34(26)32(44)19-29)50(40(53)58-42(5,6)7)41(54)59-43(8,9)10/h12-20,23,25,35,47H,21-22H2,1-11H3,(H,48,52). The summed E-state index contributed by atoms with van der Waals surface area (Å²) in [5.41, 5.74) is -0.145. The van der Waals surface area contributed by atoms with E-state index in [1.54, 1.807) is 59.7 Å². The van der Waals surface area contributed by atoms with E-state index in [2.05, 4.69) is 15.6 Å². The Balaban J connectivity index is 1.64. The molecule has 60 heavy (non-hydrogen) atoms. The highest BCUT2D eigenvalue weighted by atomic mass is 32.2. The summed E-state index contributed by atoms with van der Waals surface area (Å²) < 4.78 is 75.7. The van der Waals surface area contributed by atoms with Gasteiger partial charge in [0.1, 0.15) is 33.8 Å². The smallest absolute Gasteiger partial charge is 0.425 e. The molecule has 0 radical (unpaired) electrons. The number of anilines is 3. The van der Waals surface area contributed by atoms with Crippen LogP contribution in [0.3, 0.4) is 0 Å². The molecule has 3 heterocycles. The average Bonchev–Trinajstić information content (AvgIpc) is 3.10. The maximum Gasteiger partial charge on any atom is 0.425 e. The predicted molar refractivity (Wildman–Crippen MR) is 223 cm³/mol. The minimum Gasteiger partial charge on any atom is -0.449 e. The van der Waals surface area contributed by atoms with Gasteiger partial charge >= 0.3 is 18.3 Å². The van der Waals surface area contributed by atoms with E-state index in [1.807, 2.05) is 13.8 Å². The normalized spacial score (nSPS) is 16.7. The van der Waals surface area contributed by atoms with E-state index in [1.165, 1.54) is 50.2 Å². The van der Waals surface area contributed by atoms with Crippen LogP contribution in [0.2, 0.25) is 0 Å². The van der Waals surface area contributed by atoms with Gasteiger partial charge in [0.2, 0.25) is 5.91 Å². The lowest BCUT2D eigenvalue weighted by Gasteiger charge is -2.29. The molecule has 14 nitrogen and oxygen atoms in total. The fourth-order valence-corrected chi connectivity index (χ4v) is 7.93. The van der Waals surface area contributed by atoms with E-state index in [-0.39, 0.29) is 46.1 Å². The van der Waals surface area contributed by atoms with Gasteiger partial charge in [0.15, 0.2) is 15.7 Å². The molecule has 2 N–H and O–H groups in total. The van der Waals surface area contributed by atoms with Crippen LogP contribution in [0.15, 0.2) is 59.6 Å². The molecule has 4 bridgehead atoms. The fourth-order valence-electron chi connectivity index (χ4n) is 6.64. The van der Waals surface area contributed by atoms with Crippen LogP contribution in [-0.2, 0) is 35.4 Å². The molecule has 0 aliphatic carbocycles. The van der Waals surface area contributed by atoms with Gasteiger partial charge in [-0.3, -0.25) is 10.1 Å². The fraction of sp³-hybridized carbons (Fsp3) is 0.419. The molecule has 0 spiro atoms. The number of carbonyl (C=O) groups is 4. The predicted octanol–water partition coefficient (Wildman–Crippen LogP) is 9.16. The first-order chi connectivity index (χ1) is 27.8. The van der Waals surface area contributed by atoms with E-state index in [4.69, 9.17) is 14.2 Å². The number of fused-ring (bicyclic) bond motifs is 10. The summed E-state index contributed by atoms with van der Waals surface area (Å²) in [5, 5.41) is 4.54. The Hall–Kier alpha value is -5.84. The molecule has 6 rings (SSSR count). The number of hydrogen-bond acceptors (Lipinski definition) is 11.